The summed E-state index contributed by atoms with van der Waals surface area (Å²) in [7, 11) is 0. The number of anilines is 2. The smallest absolute Gasteiger partial charge is 0.338 e. The van der Waals surface area contributed by atoms with Gasteiger partial charge < -0.3 is 15.4 Å². The molecule has 0 aliphatic carbocycles. The highest BCUT2D eigenvalue weighted by Crippen LogP contribution is 2.38. The molecule has 114 valence electrons. The maximum atomic E-state index is 12.5. The van der Waals surface area contributed by atoms with Crippen molar-refractivity contribution in [1.29, 1.82) is 0 Å². The van der Waals surface area contributed by atoms with Crippen LogP contribution in [0.1, 0.15) is 24.8 Å². The van der Waals surface area contributed by atoms with Gasteiger partial charge in [0.2, 0.25) is 0 Å². The third kappa shape index (κ3) is 2.72. The molecule has 4 nitrogen and oxygen atoms in total. The molecule has 0 amide bonds. The van der Waals surface area contributed by atoms with E-state index in [4.69, 9.17) is 4.74 Å². The maximum absolute atomic E-state index is 12.5. The van der Waals surface area contributed by atoms with Crippen LogP contribution in [0.25, 0.3) is 0 Å². The number of ether oxygens (including phenoxy) is 1. The van der Waals surface area contributed by atoms with Crippen molar-refractivity contribution < 1.29 is 9.53 Å². The molecule has 0 fully saturated rings. The van der Waals surface area contributed by atoms with Crippen LogP contribution < -0.4 is 10.6 Å². The molecular formula is C17H18N2O2S. The first kappa shape index (κ1) is 14.7. The van der Waals surface area contributed by atoms with Crippen molar-refractivity contribution in [2.45, 2.75) is 19.9 Å². The second kappa shape index (κ2) is 6.23. The summed E-state index contributed by atoms with van der Waals surface area (Å²) in [5.74, 6) is -0.286. The molecule has 1 aliphatic heterocycles. The first-order valence-electron chi connectivity index (χ1n) is 7.24. The summed E-state index contributed by atoms with van der Waals surface area (Å²) in [6.07, 6.45) is 0. The number of hydrogen-bond donors (Lipinski definition) is 2. The molecule has 0 radical (unpaired) electrons. The molecule has 22 heavy (non-hydrogen) atoms. The first-order chi connectivity index (χ1) is 10.7. The Morgan fingerprint density at radius 2 is 2.00 bits per heavy atom. The lowest BCUT2D eigenvalue weighted by Gasteiger charge is -2.20. The normalized spacial score (nSPS) is 17.1. The average Bonchev–Trinajstić information content (AvgIpc) is 2.98. The summed E-state index contributed by atoms with van der Waals surface area (Å²) >= 11 is 1.62. The molecule has 1 aromatic heterocycles. The third-order valence-electron chi connectivity index (χ3n) is 3.56. The van der Waals surface area contributed by atoms with E-state index < -0.39 is 0 Å². The lowest BCUT2D eigenvalue weighted by molar-refractivity contribution is -0.138. The molecule has 1 aromatic carbocycles. The van der Waals surface area contributed by atoms with E-state index in [2.05, 4.69) is 10.6 Å². The SMILES string of the molecule is CCOC(=O)C1=C(C)Nc2ccccc2NC1c1cccs1. The van der Waals surface area contributed by atoms with Gasteiger partial charge in [-0.25, -0.2) is 4.79 Å². The van der Waals surface area contributed by atoms with Crippen molar-refractivity contribution in [2.75, 3.05) is 17.2 Å². The van der Waals surface area contributed by atoms with Crippen molar-refractivity contribution in [3.8, 4) is 0 Å². The van der Waals surface area contributed by atoms with Gasteiger partial charge in [0, 0.05) is 10.6 Å². The zero-order chi connectivity index (χ0) is 15.5. The highest BCUT2D eigenvalue weighted by Gasteiger charge is 2.30. The van der Waals surface area contributed by atoms with Crippen molar-refractivity contribution in [3.63, 3.8) is 0 Å². The summed E-state index contributed by atoms with van der Waals surface area (Å²) in [5.41, 5.74) is 3.37. The second-order valence-electron chi connectivity index (χ2n) is 5.02. The summed E-state index contributed by atoms with van der Waals surface area (Å²) < 4.78 is 5.26. The molecular weight excluding hydrogens is 296 g/mol. The van der Waals surface area contributed by atoms with Gasteiger partial charge in [-0.2, -0.15) is 0 Å². The largest absolute Gasteiger partial charge is 0.463 e. The summed E-state index contributed by atoms with van der Waals surface area (Å²) in [6, 6.07) is 11.7. The van der Waals surface area contributed by atoms with Crippen molar-refractivity contribution in [2.24, 2.45) is 0 Å². The number of carbonyl (C=O) groups excluding carboxylic acids is 1. The van der Waals surface area contributed by atoms with Gasteiger partial charge in [-0.05, 0) is 37.4 Å². The van der Waals surface area contributed by atoms with E-state index in [0.29, 0.717) is 12.2 Å². The molecule has 0 bridgehead atoms. The number of fused-ring (bicyclic) bond motifs is 1. The van der Waals surface area contributed by atoms with Gasteiger partial charge in [-0.1, -0.05) is 18.2 Å². The minimum atomic E-state index is -0.286. The molecule has 0 saturated carbocycles. The topological polar surface area (TPSA) is 50.4 Å². The molecule has 1 aliphatic rings. The second-order valence-corrected chi connectivity index (χ2v) is 6.00. The van der Waals surface area contributed by atoms with Gasteiger partial charge in [-0.3, -0.25) is 0 Å². The standard InChI is InChI=1S/C17H18N2O2S/c1-3-21-17(20)15-11(2)18-12-7-4-5-8-13(12)19-16(15)14-9-6-10-22-14/h4-10,16,18-19H,3H2,1-2H3. The minimum Gasteiger partial charge on any atom is -0.463 e. The van der Waals surface area contributed by atoms with Crippen LogP contribution in [-0.4, -0.2) is 12.6 Å². The Bertz CT molecular complexity index is 707. The van der Waals surface area contributed by atoms with E-state index in [1.807, 2.05) is 55.6 Å². The van der Waals surface area contributed by atoms with E-state index in [1.165, 1.54) is 0 Å². The number of thiophene rings is 1. The lowest BCUT2D eigenvalue weighted by atomic mass is 10.0. The quantitative estimate of drug-likeness (QED) is 0.835. The van der Waals surface area contributed by atoms with Crippen LogP contribution >= 0.6 is 11.3 Å². The monoisotopic (exact) mass is 314 g/mol. The Balaban J connectivity index is 2.09. The van der Waals surface area contributed by atoms with Gasteiger partial charge in [0.25, 0.3) is 0 Å². The van der Waals surface area contributed by atoms with Crippen LogP contribution in [0.5, 0.6) is 0 Å². The number of hydrogen-bond acceptors (Lipinski definition) is 5. The number of nitrogens with one attached hydrogen (secondary N) is 2. The summed E-state index contributed by atoms with van der Waals surface area (Å²) in [6.45, 7) is 4.09. The van der Waals surface area contributed by atoms with Crippen LogP contribution in [0.3, 0.4) is 0 Å². The number of allylic oxidation sites excluding steroid dienone is 1. The van der Waals surface area contributed by atoms with Gasteiger partial charge in [-0.15, -0.1) is 11.3 Å². The van der Waals surface area contributed by atoms with Crippen LogP contribution in [0.4, 0.5) is 11.4 Å². The zero-order valence-corrected chi connectivity index (χ0v) is 13.4. The van der Waals surface area contributed by atoms with Crippen molar-refractivity contribution >= 4 is 28.7 Å². The van der Waals surface area contributed by atoms with Gasteiger partial charge in [0.15, 0.2) is 0 Å². The predicted octanol–water partition coefficient (Wildman–Crippen LogP) is 4.16. The first-order valence-corrected chi connectivity index (χ1v) is 8.12. The Hall–Kier alpha value is -2.27. The lowest BCUT2D eigenvalue weighted by Crippen LogP contribution is -2.21. The molecule has 2 N–H and O–H groups in total. The summed E-state index contributed by atoms with van der Waals surface area (Å²) in [4.78, 5) is 13.5. The highest BCUT2D eigenvalue weighted by molar-refractivity contribution is 7.10. The Labute approximate surface area is 133 Å². The van der Waals surface area contributed by atoms with Crippen LogP contribution in [0.15, 0.2) is 53.0 Å². The van der Waals surface area contributed by atoms with Gasteiger partial charge >= 0.3 is 5.97 Å². The van der Waals surface area contributed by atoms with Gasteiger partial charge in [0.05, 0.1) is 29.6 Å². The van der Waals surface area contributed by atoms with Crippen molar-refractivity contribution in [1.82, 2.24) is 0 Å². The Morgan fingerprint density at radius 3 is 2.68 bits per heavy atom. The van der Waals surface area contributed by atoms with Gasteiger partial charge in [0.1, 0.15) is 0 Å². The molecule has 1 atom stereocenters. The van der Waals surface area contributed by atoms with E-state index in [0.717, 1.165) is 21.9 Å². The van der Waals surface area contributed by atoms with Crippen LogP contribution in [0.2, 0.25) is 0 Å². The predicted molar refractivity (Wildman–Crippen MR) is 90.1 cm³/mol. The molecule has 2 heterocycles. The number of esters is 1. The Kier molecular flexibility index (Phi) is 4.15. The van der Waals surface area contributed by atoms with E-state index in [9.17, 15) is 4.79 Å². The molecule has 0 spiro atoms. The molecule has 0 saturated heterocycles. The van der Waals surface area contributed by atoms with E-state index in [-0.39, 0.29) is 12.0 Å². The zero-order valence-electron chi connectivity index (χ0n) is 12.6. The molecule has 3 rings (SSSR count). The number of para-hydroxylation sites is 2. The number of rotatable bonds is 3. The molecule has 2 aromatic rings. The van der Waals surface area contributed by atoms with E-state index in [1.54, 1.807) is 11.3 Å². The highest BCUT2D eigenvalue weighted by atomic mass is 32.1. The summed E-state index contributed by atoms with van der Waals surface area (Å²) in [5, 5.41) is 8.81. The number of benzene rings is 1. The maximum Gasteiger partial charge on any atom is 0.338 e. The minimum absolute atomic E-state index is 0.213. The number of carbonyl (C=O) groups is 1. The fourth-order valence-corrected chi connectivity index (χ4v) is 3.36. The third-order valence-corrected chi connectivity index (χ3v) is 4.50. The fraction of sp³-hybridized carbons (Fsp3) is 0.235. The molecule has 5 heteroatoms. The fourth-order valence-electron chi connectivity index (χ4n) is 2.58. The molecule has 1 unspecified atom stereocenters. The van der Waals surface area contributed by atoms with Crippen molar-refractivity contribution in [3.05, 3.63) is 57.9 Å². The Morgan fingerprint density at radius 1 is 1.23 bits per heavy atom. The van der Waals surface area contributed by atoms with E-state index >= 15 is 0 Å². The van der Waals surface area contributed by atoms with Crippen LogP contribution in [0, 0.1) is 0 Å². The average molecular weight is 314 g/mol. The van der Waals surface area contributed by atoms with Crippen LogP contribution in [-0.2, 0) is 9.53 Å².